The van der Waals surface area contributed by atoms with Crippen LogP contribution in [0.5, 0.6) is 0 Å². The summed E-state index contributed by atoms with van der Waals surface area (Å²) in [6.45, 7) is 5.79. The number of carbonyl (C=O) groups is 1. The Morgan fingerprint density at radius 2 is 1.77 bits per heavy atom. The molecule has 0 bridgehead atoms. The summed E-state index contributed by atoms with van der Waals surface area (Å²) in [6.07, 6.45) is 3.41. The molecule has 0 amide bonds. The number of allylic oxidation sites excluding steroid dienone is 4. The normalized spacial score (nSPS) is 19.0. The molecule has 1 fully saturated rings. The lowest BCUT2D eigenvalue weighted by molar-refractivity contribution is -0.138. The van der Waals surface area contributed by atoms with Gasteiger partial charge >= 0.3 is 6.18 Å². The standard InChI is InChI=1S/C28H29F3N2O2/c1-19(23-11-8-21(9-12-23)15-33-16-25(17-33)20(2)34)32-35-18-22-10-13-26(24-6-4-3-5-7-24)27(14-22)28(29,30)31/h3-6,8-14,24-25H,7,15-18H2,1-2H3/b32-19+. The Morgan fingerprint density at radius 1 is 1.06 bits per heavy atom. The number of Topliss-reactive ketones (excluding diaryl/α,β-unsaturated/α-hetero) is 1. The van der Waals surface area contributed by atoms with Crippen LogP contribution in [0.4, 0.5) is 13.2 Å². The Hall–Kier alpha value is -3.19. The zero-order valence-electron chi connectivity index (χ0n) is 19.9. The zero-order valence-corrected chi connectivity index (χ0v) is 19.9. The molecule has 1 aliphatic carbocycles. The minimum absolute atomic E-state index is 0.0501. The highest BCUT2D eigenvalue weighted by atomic mass is 19.4. The molecule has 0 aromatic heterocycles. The second-order valence-corrected chi connectivity index (χ2v) is 9.22. The Balaban J connectivity index is 1.35. The van der Waals surface area contributed by atoms with Crippen LogP contribution in [-0.2, 0) is 29.0 Å². The van der Waals surface area contributed by atoms with Crippen molar-refractivity contribution < 1.29 is 22.8 Å². The van der Waals surface area contributed by atoms with E-state index in [9.17, 15) is 18.0 Å². The molecule has 1 aliphatic heterocycles. The van der Waals surface area contributed by atoms with Crippen molar-refractivity contribution in [3.8, 4) is 0 Å². The molecule has 35 heavy (non-hydrogen) atoms. The maximum absolute atomic E-state index is 13.7. The summed E-state index contributed by atoms with van der Waals surface area (Å²) < 4.78 is 41.2. The molecule has 2 aromatic carbocycles. The van der Waals surface area contributed by atoms with Crippen LogP contribution < -0.4 is 0 Å². The highest BCUT2D eigenvalue weighted by Crippen LogP contribution is 2.38. The van der Waals surface area contributed by atoms with Gasteiger partial charge in [-0.2, -0.15) is 13.2 Å². The van der Waals surface area contributed by atoms with Crippen LogP contribution in [0.15, 0.2) is 71.9 Å². The predicted octanol–water partition coefficient (Wildman–Crippen LogP) is 6.27. The van der Waals surface area contributed by atoms with E-state index in [1.54, 1.807) is 38.1 Å². The number of oxime groups is 1. The molecule has 0 radical (unpaired) electrons. The quantitative estimate of drug-likeness (QED) is 0.329. The third-order valence-electron chi connectivity index (χ3n) is 6.55. The average molecular weight is 483 g/mol. The monoisotopic (exact) mass is 482 g/mol. The minimum Gasteiger partial charge on any atom is -0.391 e. The van der Waals surface area contributed by atoms with Crippen molar-refractivity contribution in [3.63, 3.8) is 0 Å². The lowest BCUT2D eigenvalue weighted by Gasteiger charge is -2.37. The number of hydrogen-bond acceptors (Lipinski definition) is 4. The number of likely N-dealkylation sites (tertiary alicyclic amines) is 1. The second-order valence-electron chi connectivity index (χ2n) is 9.22. The number of carbonyl (C=O) groups excluding carboxylic acids is 1. The third kappa shape index (κ3) is 6.28. The molecule has 4 rings (SSSR count). The van der Waals surface area contributed by atoms with E-state index in [0.717, 1.165) is 36.8 Å². The molecule has 0 spiro atoms. The Labute approximate surface area is 203 Å². The lowest BCUT2D eigenvalue weighted by Crippen LogP contribution is -2.48. The van der Waals surface area contributed by atoms with Crippen molar-refractivity contribution in [2.24, 2.45) is 11.1 Å². The van der Waals surface area contributed by atoms with Gasteiger partial charge in [0.25, 0.3) is 0 Å². The van der Waals surface area contributed by atoms with Gasteiger partial charge in [0.2, 0.25) is 0 Å². The summed E-state index contributed by atoms with van der Waals surface area (Å²) in [5, 5.41) is 4.11. The second kappa shape index (κ2) is 10.6. The molecule has 2 aliphatic rings. The Bertz CT molecular complexity index is 1140. The fraction of sp³-hybridized carbons (Fsp3) is 0.357. The van der Waals surface area contributed by atoms with Crippen LogP contribution in [0.25, 0.3) is 0 Å². The Morgan fingerprint density at radius 3 is 2.40 bits per heavy atom. The number of ketones is 1. The highest BCUT2D eigenvalue weighted by Gasteiger charge is 2.35. The lowest BCUT2D eigenvalue weighted by atomic mass is 9.88. The molecule has 1 saturated heterocycles. The first-order valence-electron chi connectivity index (χ1n) is 11.7. The summed E-state index contributed by atoms with van der Waals surface area (Å²) >= 11 is 0. The molecular weight excluding hydrogens is 453 g/mol. The van der Waals surface area contributed by atoms with E-state index in [1.807, 2.05) is 36.4 Å². The minimum atomic E-state index is -4.44. The highest BCUT2D eigenvalue weighted by molar-refractivity contribution is 5.98. The first kappa shape index (κ1) is 24.9. The van der Waals surface area contributed by atoms with Gasteiger partial charge in [0.15, 0.2) is 0 Å². The van der Waals surface area contributed by atoms with Gasteiger partial charge in [-0.1, -0.05) is 65.9 Å². The van der Waals surface area contributed by atoms with Crippen LogP contribution in [0.3, 0.4) is 0 Å². The summed E-state index contributed by atoms with van der Waals surface area (Å²) in [5.41, 5.74) is 2.73. The predicted molar refractivity (Wildman–Crippen MR) is 130 cm³/mol. The van der Waals surface area contributed by atoms with E-state index in [0.29, 0.717) is 17.7 Å². The van der Waals surface area contributed by atoms with Gasteiger partial charge in [-0.15, -0.1) is 0 Å². The first-order chi connectivity index (χ1) is 16.7. The fourth-order valence-electron chi connectivity index (χ4n) is 4.40. The van der Waals surface area contributed by atoms with E-state index < -0.39 is 11.7 Å². The van der Waals surface area contributed by atoms with Crippen LogP contribution in [0.2, 0.25) is 0 Å². The summed E-state index contributed by atoms with van der Waals surface area (Å²) in [4.78, 5) is 19.0. The smallest absolute Gasteiger partial charge is 0.391 e. The largest absolute Gasteiger partial charge is 0.416 e. The number of halogens is 3. The van der Waals surface area contributed by atoms with Crippen molar-refractivity contribution in [1.82, 2.24) is 4.90 Å². The van der Waals surface area contributed by atoms with Crippen molar-refractivity contribution in [2.45, 2.75) is 45.5 Å². The van der Waals surface area contributed by atoms with Gasteiger partial charge in [0.05, 0.1) is 11.3 Å². The van der Waals surface area contributed by atoms with Crippen LogP contribution in [0.1, 0.15) is 54.0 Å². The van der Waals surface area contributed by atoms with E-state index in [1.165, 1.54) is 0 Å². The molecule has 1 heterocycles. The number of nitrogens with zero attached hydrogens (tertiary/aromatic N) is 2. The number of benzene rings is 2. The molecule has 4 nitrogen and oxygen atoms in total. The van der Waals surface area contributed by atoms with Crippen LogP contribution >= 0.6 is 0 Å². The van der Waals surface area contributed by atoms with Crippen molar-refractivity contribution >= 4 is 11.5 Å². The molecule has 1 atom stereocenters. The first-order valence-corrected chi connectivity index (χ1v) is 11.7. The summed E-state index contributed by atoms with van der Waals surface area (Å²) in [7, 11) is 0. The molecule has 7 heteroatoms. The van der Waals surface area contributed by atoms with Gasteiger partial charge < -0.3 is 4.84 Å². The maximum atomic E-state index is 13.7. The SMILES string of the molecule is CC(=O)C1CN(Cc2ccc(/C(C)=N/OCc3ccc(C4C=CC=CC4)c(C(F)(F)F)c3)cc2)C1. The number of hydrogen-bond donors (Lipinski definition) is 0. The number of alkyl halides is 3. The molecule has 1 unspecified atom stereocenters. The van der Waals surface area contributed by atoms with Gasteiger partial charge in [-0.3, -0.25) is 9.69 Å². The fourth-order valence-corrected chi connectivity index (χ4v) is 4.40. The molecular formula is C28H29F3N2O2. The maximum Gasteiger partial charge on any atom is 0.416 e. The molecule has 184 valence electrons. The molecule has 0 N–H and O–H groups in total. The van der Waals surface area contributed by atoms with Gasteiger partial charge in [-0.05, 0) is 48.6 Å². The third-order valence-corrected chi connectivity index (χ3v) is 6.55. The van der Waals surface area contributed by atoms with Gasteiger partial charge in [0.1, 0.15) is 12.4 Å². The molecule has 2 aromatic rings. The van der Waals surface area contributed by atoms with E-state index >= 15 is 0 Å². The van der Waals surface area contributed by atoms with Crippen molar-refractivity contribution in [2.75, 3.05) is 13.1 Å². The van der Waals surface area contributed by atoms with Crippen LogP contribution in [0, 0.1) is 5.92 Å². The summed E-state index contributed by atoms with van der Waals surface area (Å²) in [5.74, 6) is 0.116. The van der Waals surface area contributed by atoms with E-state index in [4.69, 9.17) is 4.84 Å². The summed E-state index contributed by atoms with van der Waals surface area (Å²) in [6, 6.07) is 12.3. The van der Waals surface area contributed by atoms with Gasteiger partial charge in [-0.25, -0.2) is 0 Å². The number of rotatable bonds is 8. The van der Waals surface area contributed by atoms with Gasteiger partial charge in [0, 0.05) is 31.5 Å². The zero-order chi connectivity index (χ0) is 25.0. The van der Waals surface area contributed by atoms with Crippen molar-refractivity contribution in [1.29, 1.82) is 0 Å². The average Bonchev–Trinajstić information content (AvgIpc) is 2.81. The Kier molecular flexibility index (Phi) is 7.55. The molecule has 0 saturated carbocycles. The van der Waals surface area contributed by atoms with E-state index in [2.05, 4.69) is 10.1 Å². The van der Waals surface area contributed by atoms with Crippen LogP contribution in [-0.4, -0.2) is 29.5 Å². The van der Waals surface area contributed by atoms with E-state index in [-0.39, 0.29) is 29.8 Å². The topological polar surface area (TPSA) is 41.9 Å². The van der Waals surface area contributed by atoms with Crippen molar-refractivity contribution in [3.05, 3.63) is 94.6 Å².